The van der Waals surface area contributed by atoms with E-state index in [1.807, 2.05) is 19.1 Å². The Kier molecular flexibility index (Phi) is 5.36. The number of amides is 1. The maximum absolute atomic E-state index is 13.6. The van der Waals surface area contributed by atoms with Crippen LogP contribution in [-0.2, 0) is 12.6 Å². The summed E-state index contributed by atoms with van der Waals surface area (Å²) in [6, 6.07) is 15.8. The summed E-state index contributed by atoms with van der Waals surface area (Å²) in [5.74, 6) is -0.831. The zero-order valence-electron chi connectivity index (χ0n) is 17.8. The highest BCUT2D eigenvalue weighted by Gasteiger charge is 2.44. The van der Waals surface area contributed by atoms with E-state index >= 15 is 0 Å². The van der Waals surface area contributed by atoms with Crippen molar-refractivity contribution >= 4 is 38.5 Å². The summed E-state index contributed by atoms with van der Waals surface area (Å²) in [6.07, 6.45) is -3.79. The van der Waals surface area contributed by atoms with E-state index in [4.69, 9.17) is 4.42 Å². The highest BCUT2D eigenvalue weighted by Crippen LogP contribution is 2.42. The van der Waals surface area contributed by atoms with Crippen LogP contribution >= 0.6 is 15.9 Å². The summed E-state index contributed by atoms with van der Waals surface area (Å²) in [4.78, 5) is 28.3. The summed E-state index contributed by atoms with van der Waals surface area (Å²) in [7, 11) is 0. The number of benzene rings is 3. The fourth-order valence-corrected chi connectivity index (χ4v) is 4.66. The Bertz CT molecular complexity index is 1490. The lowest BCUT2D eigenvalue weighted by molar-refractivity contribution is -0.137. The van der Waals surface area contributed by atoms with E-state index in [2.05, 4.69) is 15.9 Å². The molecule has 1 aromatic heterocycles. The predicted molar refractivity (Wildman–Crippen MR) is 126 cm³/mol. The quantitative estimate of drug-likeness (QED) is 0.291. The number of hydrogen-bond donors (Lipinski definition) is 0. The smallest absolute Gasteiger partial charge is 0.416 e. The van der Waals surface area contributed by atoms with Crippen molar-refractivity contribution in [1.82, 2.24) is 0 Å². The molecule has 2 heterocycles. The molecular formula is C26H17BrF3NO3. The van der Waals surface area contributed by atoms with E-state index in [1.165, 1.54) is 17.0 Å². The Labute approximate surface area is 200 Å². The third-order valence-electron chi connectivity index (χ3n) is 5.99. The minimum absolute atomic E-state index is 0.0282. The van der Waals surface area contributed by atoms with Gasteiger partial charge in [0, 0.05) is 10.2 Å². The number of nitrogens with zero attached hydrogens (tertiary/aromatic N) is 1. The Morgan fingerprint density at radius 3 is 2.41 bits per heavy atom. The summed E-state index contributed by atoms with van der Waals surface area (Å²) >= 11 is 3.35. The molecule has 1 aliphatic rings. The Balaban J connectivity index is 1.78. The standard InChI is InChI=1S/C26H17BrF3NO3/c1-2-14-6-8-15(9-7-14)22-21-23(32)19-13-17(27)10-11-20(19)34-24(21)25(33)31(22)18-5-3-4-16(12-18)26(28,29)30/h3-13,22H,2H2,1H3. The SMILES string of the molecule is CCc1ccc(C2c3c(oc4ccc(Br)cc4c3=O)C(=O)N2c2cccc(C(F)(F)F)c2)cc1. The zero-order chi connectivity index (χ0) is 24.2. The molecule has 1 amide bonds. The molecule has 0 N–H and O–H groups in total. The molecule has 0 saturated heterocycles. The monoisotopic (exact) mass is 527 g/mol. The highest BCUT2D eigenvalue weighted by molar-refractivity contribution is 9.10. The minimum Gasteiger partial charge on any atom is -0.450 e. The highest BCUT2D eigenvalue weighted by atomic mass is 79.9. The predicted octanol–water partition coefficient (Wildman–Crippen LogP) is 6.89. The number of alkyl halides is 3. The molecule has 8 heteroatoms. The molecule has 0 aliphatic carbocycles. The van der Waals surface area contributed by atoms with Gasteiger partial charge in [0.15, 0.2) is 5.43 Å². The molecule has 34 heavy (non-hydrogen) atoms. The second kappa shape index (κ2) is 8.13. The lowest BCUT2D eigenvalue weighted by atomic mass is 9.97. The van der Waals surface area contributed by atoms with Crippen molar-refractivity contribution in [3.8, 4) is 0 Å². The third kappa shape index (κ3) is 3.62. The maximum atomic E-state index is 13.6. The van der Waals surface area contributed by atoms with E-state index in [1.54, 1.807) is 30.3 Å². The van der Waals surface area contributed by atoms with Gasteiger partial charge in [-0.2, -0.15) is 13.2 Å². The fraction of sp³-hybridized carbons (Fsp3) is 0.154. The van der Waals surface area contributed by atoms with Gasteiger partial charge in [0.2, 0.25) is 5.76 Å². The Morgan fingerprint density at radius 1 is 1.00 bits per heavy atom. The summed E-state index contributed by atoms with van der Waals surface area (Å²) in [6.45, 7) is 2.00. The minimum atomic E-state index is -4.58. The molecule has 0 bridgehead atoms. The molecule has 172 valence electrons. The van der Waals surface area contributed by atoms with Crippen LogP contribution < -0.4 is 10.3 Å². The van der Waals surface area contributed by atoms with Gasteiger partial charge >= 0.3 is 6.18 Å². The first-order valence-corrected chi connectivity index (χ1v) is 11.3. The van der Waals surface area contributed by atoms with Crippen molar-refractivity contribution in [2.75, 3.05) is 4.90 Å². The molecule has 4 aromatic rings. The van der Waals surface area contributed by atoms with E-state index in [-0.39, 0.29) is 28.0 Å². The number of rotatable bonds is 3. The molecule has 3 aromatic carbocycles. The van der Waals surface area contributed by atoms with Gasteiger partial charge in [0.25, 0.3) is 5.91 Å². The summed E-state index contributed by atoms with van der Waals surface area (Å²) in [5.41, 5.74) is 0.730. The zero-order valence-corrected chi connectivity index (χ0v) is 19.4. The van der Waals surface area contributed by atoms with Crippen LogP contribution in [0.2, 0.25) is 0 Å². The van der Waals surface area contributed by atoms with Crippen molar-refractivity contribution in [2.24, 2.45) is 0 Å². The lowest BCUT2D eigenvalue weighted by Crippen LogP contribution is -2.29. The van der Waals surface area contributed by atoms with E-state index in [0.29, 0.717) is 10.0 Å². The van der Waals surface area contributed by atoms with Crippen LogP contribution in [0.25, 0.3) is 11.0 Å². The molecular weight excluding hydrogens is 511 g/mol. The number of carbonyl (C=O) groups excluding carboxylic acids is 1. The fourth-order valence-electron chi connectivity index (χ4n) is 4.29. The maximum Gasteiger partial charge on any atom is 0.416 e. The van der Waals surface area contributed by atoms with Gasteiger partial charge in [-0.1, -0.05) is 53.2 Å². The van der Waals surface area contributed by atoms with Crippen LogP contribution in [0, 0.1) is 0 Å². The molecule has 0 saturated carbocycles. The molecule has 0 spiro atoms. The first-order chi connectivity index (χ1) is 16.2. The second-order valence-corrected chi connectivity index (χ2v) is 8.95. The average Bonchev–Trinajstić information content (AvgIpc) is 3.11. The molecule has 5 rings (SSSR count). The average molecular weight is 528 g/mol. The van der Waals surface area contributed by atoms with E-state index < -0.39 is 29.1 Å². The third-order valence-corrected chi connectivity index (χ3v) is 6.48. The number of aryl methyl sites for hydroxylation is 1. The van der Waals surface area contributed by atoms with E-state index in [9.17, 15) is 22.8 Å². The van der Waals surface area contributed by atoms with Gasteiger partial charge in [-0.15, -0.1) is 0 Å². The first kappa shape index (κ1) is 22.4. The number of hydrogen-bond acceptors (Lipinski definition) is 3. The number of carbonyl (C=O) groups is 1. The summed E-state index contributed by atoms with van der Waals surface area (Å²) < 4.78 is 46.8. The number of halogens is 4. The van der Waals surface area contributed by atoms with Crippen LogP contribution in [0.3, 0.4) is 0 Å². The van der Waals surface area contributed by atoms with Crippen LogP contribution in [0.5, 0.6) is 0 Å². The lowest BCUT2D eigenvalue weighted by Gasteiger charge is -2.26. The molecule has 1 atom stereocenters. The second-order valence-electron chi connectivity index (χ2n) is 8.04. The number of fused-ring (bicyclic) bond motifs is 2. The van der Waals surface area contributed by atoms with Crippen molar-refractivity contribution in [3.05, 3.63) is 109 Å². The largest absolute Gasteiger partial charge is 0.450 e. The van der Waals surface area contributed by atoms with Gasteiger partial charge < -0.3 is 4.42 Å². The van der Waals surface area contributed by atoms with Gasteiger partial charge in [-0.25, -0.2) is 0 Å². The molecule has 0 radical (unpaired) electrons. The summed E-state index contributed by atoms with van der Waals surface area (Å²) in [5, 5.41) is 0.280. The topological polar surface area (TPSA) is 50.5 Å². The van der Waals surface area contributed by atoms with E-state index in [0.717, 1.165) is 24.1 Å². The Morgan fingerprint density at radius 2 is 1.74 bits per heavy atom. The van der Waals surface area contributed by atoms with Gasteiger partial charge in [-0.05, 0) is 53.9 Å². The number of anilines is 1. The molecule has 1 unspecified atom stereocenters. The van der Waals surface area contributed by atoms with Crippen molar-refractivity contribution in [1.29, 1.82) is 0 Å². The van der Waals surface area contributed by atoms with Gasteiger partial charge in [-0.3, -0.25) is 14.5 Å². The van der Waals surface area contributed by atoms with Gasteiger partial charge in [0.1, 0.15) is 5.58 Å². The van der Waals surface area contributed by atoms with Crippen molar-refractivity contribution in [3.63, 3.8) is 0 Å². The van der Waals surface area contributed by atoms with Gasteiger partial charge in [0.05, 0.1) is 22.6 Å². The van der Waals surface area contributed by atoms with Crippen LogP contribution in [0.15, 0.2) is 80.4 Å². The van der Waals surface area contributed by atoms with Crippen LogP contribution in [0.4, 0.5) is 18.9 Å². The van der Waals surface area contributed by atoms with Crippen molar-refractivity contribution < 1.29 is 22.4 Å². The Hall–Kier alpha value is -3.39. The van der Waals surface area contributed by atoms with Crippen LogP contribution in [0.1, 0.15) is 45.8 Å². The molecule has 0 fully saturated rings. The normalized spacial score (nSPS) is 15.7. The molecule has 1 aliphatic heterocycles. The molecule has 4 nitrogen and oxygen atoms in total. The van der Waals surface area contributed by atoms with Crippen LogP contribution in [-0.4, -0.2) is 5.91 Å². The van der Waals surface area contributed by atoms with Crippen molar-refractivity contribution in [2.45, 2.75) is 25.6 Å². The first-order valence-electron chi connectivity index (χ1n) is 10.5.